The van der Waals surface area contributed by atoms with Gasteiger partial charge < -0.3 is 29.0 Å². The number of nitrogens with zero attached hydrogens (tertiary/aromatic N) is 5. The van der Waals surface area contributed by atoms with Gasteiger partial charge in [-0.05, 0) is 84.7 Å². The average molecular weight is 1060 g/mol. The van der Waals surface area contributed by atoms with Gasteiger partial charge in [-0.15, -0.1) is 0 Å². The fourth-order valence-corrected chi connectivity index (χ4v) is 10.3. The molecule has 0 atom stereocenters. The summed E-state index contributed by atoms with van der Waals surface area (Å²) in [6.45, 7) is 25.1. The predicted molar refractivity (Wildman–Crippen MR) is 330 cm³/mol. The summed E-state index contributed by atoms with van der Waals surface area (Å²) in [4.78, 5) is 46.5. The van der Waals surface area contributed by atoms with E-state index in [-0.39, 0.29) is 0 Å². The van der Waals surface area contributed by atoms with Gasteiger partial charge in [0.1, 0.15) is 12.6 Å². The van der Waals surface area contributed by atoms with Crippen molar-refractivity contribution < 1.29 is 19.1 Å². The van der Waals surface area contributed by atoms with Gasteiger partial charge in [0, 0.05) is 59.4 Å². The minimum Gasteiger partial charge on any atom is -0.385 e. The van der Waals surface area contributed by atoms with Gasteiger partial charge in [-0.25, -0.2) is 0 Å². The van der Waals surface area contributed by atoms with E-state index in [9.17, 15) is 14.4 Å². The van der Waals surface area contributed by atoms with Crippen LogP contribution < -0.4 is 0 Å². The molecule has 1 aliphatic heterocycles. The van der Waals surface area contributed by atoms with E-state index in [0.29, 0.717) is 25.4 Å². The molecule has 1 rings (SSSR count). The number of hydrogen-bond acceptors (Lipinski definition) is 8. The van der Waals surface area contributed by atoms with Gasteiger partial charge >= 0.3 is 0 Å². The molecule has 0 bridgehead atoms. The molecule has 0 aromatic carbocycles. The van der Waals surface area contributed by atoms with Crippen LogP contribution in [0.3, 0.4) is 0 Å². The Morgan fingerprint density at radius 1 is 0.373 bits per heavy atom. The molecule has 0 radical (unpaired) electrons. The first-order chi connectivity index (χ1) is 36.9. The Hall–Kier alpha value is -1.39. The molecule has 1 fully saturated rings. The molecule has 75 heavy (non-hydrogen) atoms. The van der Waals surface area contributed by atoms with E-state index in [1.54, 1.807) is 7.11 Å². The standard InChI is InChI=1S/C31H64N2O.C29H57N3O2.C6H14O/c1-4-7-10-13-16-19-22-25-32(26-23-20-17-14-11-8-5-2)28-29-33(30-31-34)27-24-21-18-15-12-9-6-3;1-3-4-5-6-7-8-9-10-11-12-15-18-21-31(22-19-16-13-14-17-20-27-33)28-29(34)32-25-23-30(2)24-26-32;1-3-4-5-6-7-2/h31H,4-30H2,1-3H3;27H,3-26,28H2,1-2H3;3-6H2,1-2H3. The average Bonchev–Trinajstić information content (AvgIpc) is 3.41. The van der Waals surface area contributed by atoms with E-state index in [2.05, 4.69) is 66.2 Å². The Balaban J connectivity index is 0. The van der Waals surface area contributed by atoms with Crippen molar-refractivity contribution >= 4 is 18.5 Å². The monoisotopic (exact) mass is 1060 g/mol. The number of rotatable bonds is 56. The predicted octanol–water partition coefficient (Wildman–Crippen LogP) is 17.2. The van der Waals surface area contributed by atoms with Gasteiger partial charge in [-0.2, -0.15) is 0 Å². The Morgan fingerprint density at radius 3 is 1.03 bits per heavy atom. The highest BCUT2D eigenvalue weighted by molar-refractivity contribution is 5.78. The zero-order valence-corrected chi connectivity index (χ0v) is 52.1. The maximum absolute atomic E-state index is 12.9. The van der Waals surface area contributed by atoms with Gasteiger partial charge in [0.15, 0.2) is 0 Å². The Bertz CT molecular complexity index is 1080. The van der Waals surface area contributed by atoms with E-state index >= 15 is 0 Å². The lowest BCUT2D eigenvalue weighted by molar-refractivity contribution is -0.134. The molecule has 1 aliphatic rings. The second-order valence-electron chi connectivity index (χ2n) is 22.9. The summed E-state index contributed by atoms with van der Waals surface area (Å²) in [6.07, 6.45) is 57.6. The summed E-state index contributed by atoms with van der Waals surface area (Å²) in [7, 11) is 3.88. The summed E-state index contributed by atoms with van der Waals surface area (Å²) in [6, 6.07) is 0. The number of hydrogen-bond donors (Lipinski definition) is 0. The molecule has 0 spiro atoms. The molecule has 9 nitrogen and oxygen atoms in total. The van der Waals surface area contributed by atoms with Crippen LogP contribution in [0.1, 0.15) is 304 Å². The van der Waals surface area contributed by atoms with Gasteiger partial charge in [0.2, 0.25) is 5.91 Å². The molecular weight excluding hydrogens is 927 g/mol. The van der Waals surface area contributed by atoms with Crippen molar-refractivity contribution in [3.05, 3.63) is 0 Å². The number of piperazine rings is 1. The normalized spacial score (nSPS) is 12.9. The van der Waals surface area contributed by atoms with Crippen molar-refractivity contribution in [3.63, 3.8) is 0 Å². The Labute approximate surface area is 470 Å². The fourth-order valence-electron chi connectivity index (χ4n) is 10.3. The van der Waals surface area contributed by atoms with Crippen LogP contribution in [0.5, 0.6) is 0 Å². The van der Waals surface area contributed by atoms with E-state index in [0.717, 1.165) is 97.3 Å². The molecule has 1 heterocycles. The molecule has 0 aromatic heterocycles. The Kier molecular flexibility index (Phi) is 65.7. The number of carbonyl (C=O) groups excluding carboxylic acids is 3. The maximum Gasteiger partial charge on any atom is 0.236 e. The quantitative estimate of drug-likeness (QED) is 0.0440. The van der Waals surface area contributed by atoms with Crippen molar-refractivity contribution in [1.29, 1.82) is 0 Å². The number of amides is 1. The molecule has 1 amide bonds. The third-order valence-corrected chi connectivity index (χ3v) is 15.6. The van der Waals surface area contributed by atoms with Crippen molar-refractivity contribution in [2.75, 3.05) is 106 Å². The summed E-state index contributed by atoms with van der Waals surface area (Å²) in [5.41, 5.74) is 0. The molecule has 0 aromatic rings. The number of carbonyl (C=O) groups is 3. The second-order valence-corrected chi connectivity index (χ2v) is 22.9. The summed E-state index contributed by atoms with van der Waals surface area (Å²) in [5, 5.41) is 0. The summed E-state index contributed by atoms with van der Waals surface area (Å²) in [5.74, 6) is 0.318. The first-order valence-electron chi connectivity index (χ1n) is 33.4. The maximum atomic E-state index is 12.9. The summed E-state index contributed by atoms with van der Waals surface area (Å²) < 4.78 is 4.84. The van der Waals surface area contributed by atoms with Crippen LogP contribution in [-0.4, -0.2) is 149 Å². The zero-order chi connectivity index (χ0) is 55.2. The van der Waals surface area contributed by atoms with Crippen LogP contribution in [0.4, 0.5) is 0 Å². The van der Waals surface area contributed by atoms with Gasteiger partial charge in [0.25, 0.3) is 0 Å². The van der Waals surface area contributed by atoms with Crippen molar-refractivity contribution in [2.45, 2.75) is 304 Å². The van der Waals surface area contributed by atoms with Gasteiger partial charge in [-0.1, -0.05) is 253 Å². The SMILES string of the molecule is CCCCCCCCCCCCCCN(CCCCCCCC=O)CC(=O)N1CCN(C)CC1.CCCCCCCCCN(CC=O)CCN(CCCCCCCCC)CCCCCCCCC.CCCCCOC. The number of ether oxygens (including phenoxy) is 1. The van der Waals surface area contributed by atoms with Crippen LogP contribution in [0, 0.1) is 0 Å². The highest BCUT2D eigenvalue weighted by Crippen LogP contribution is 2.15. The van der Waals surface area contributed by atoms with Crippen LogP contribution >= 0.6 is 0 Å². The molecule has 0 unspecified atom stereocenters. The summed E-state index contributed by atoms with van der Waals surface area (Å²) >= 11 is 0. The van der Waals surface area contributed by atoms with Gasteiger partial charge in [-0.3, -0.25) is 14.6 Å². The largest absolute Gasteiger partial charge is 0.385 e. The van der Waals surface area contributed by atoms with E-state index in [1.165, 1.54) is 257 Å². The topological polar surface area (TPSA) is 76.6 Å². The van der Waals surface area contributed by atoms with Crippen LogP contribution in [0.15, 0.2) is 0 Å². The lowest BCUT2D eigenvalue weighted by atomic mass is 10.1. The fraction of sp³-hybridized carbons (Fsp3) is 0.955. The molecule has 9 heteroatoms. The molecular formula is C66H135N5O4. The molecule has 0 saturated carbocycles. The van der Waals surface area contributed by atoms with Crippen molar-refractivity contribution in [2.24, 2.45) is 0 Å². The number of unbranched alkanes of at least 4 members (excludes halogenated alkanes) is 36. The lowest BCUT2D eigenvalue weighted by Gasteiger charge is -2.34. The highest BCUT2D eigenvalue weighted by Gasteiger charge is 2.21. The molecule has 0 N–H and O–H groups in total. The van der Waals surface area contributed by atoms with E-state index in [4.69, 9.17) is 4.74 Å². The van der Waals surface area contributed by atoms with Crippen LogP contribution in [-0.2, 0) is 19.1 Å². The highest BCUT2D eigenvalue weighted by atomic mass is 16.5. The minimum absolute atomic E-state index is 0.318. The number of aldehydes is 2. The first kappa shape index (κ1) is 75.7. The van der Waals surface area contributed by atoms with Crippen molar-refractivity contribution in [1.82, 2.24) is 24.5 Å². The zero-order valence-electron chi connectivity index (χ0n) is 52.1. The lowest BCUT2D eigenvalue weighted by Crippen LogP contribution is -2.50. The third-order valence-electron chi connectivity index (χ3n) is 15.6. The minimum atomic E-state index is 0.318. The van der Waals surface area contributed by atoms with Crippen LogP contribution in [0.25, 0.3) is 0 Å². The van der Waals surface area contributed by atoms with Crippen LogP contribution in [0.2, 0.25) is 0 Å². The smallest absolute Gasteiger partial charge is 0.236 e. The number of likely N-dealkylation sites (N-methyl/N-ethyl adjacent to an activating group) is 1. The molecule has 1 saturated heterocycles. The van der Waals surface area contributed by atoms with Gasteiger partial charge in [0.05, 0.1) is 13.1 Å². The van der Waals surface area contributed by atoms with E-state index < -0.39 is 0 Å². The van der Waals surface area contributed by atoms with Crippen molar-refractivity contribution in [3.8, 4) is 0 Å². The molecule has 0 aliphatic carbocycles. The third kappa shape index (κ3) is 58.6. The Morgan fingerprint density at radius 2 is 0.680 bits per heavy atom. The first-order valence-corrected chi connectivity index (χ1v) is 33.4. The number of methoxy groups -OCH3 is 1. The van der Waals surface area contributed by atoms with E-state index in [1.807, 2.05) is 0 Å². The molecule has 448 valence electrons. The second kappa shape index (κ2) is 65.1.